The molecule has 1 amide bonds. The van der Waals surface area contributed by atoms with Crippen molar-refractivity contribution in [3.8, 4) is 0 Å². The molecule has 25 heavy (non-hydrogen) atoms. The van der Waals surface area contributed by atoms with Crippen LogP contribution in [-0.4, -0.2) is 34.6 Å². The fourth-order valence-corrected chi connectivity index (χ4v) is 2.50. The second-order valence-corrected chi connectivity index (χ2v) is 5.74. The molecule has 1 heterocycles. The first-order valence-electron chi connectivity index (χ1n) is 7.13. The van der Waals surface area contributed by atoms with Crippen molar-refractivity contribution in [2.24, 2.45) is 0 Å². The maximum absolute atomic E-state index is 12.0. The van der Waals surface area contributed by atoms with Gasteiger partial charge < -0.3 is 10.1 Å². The molecule has 2 aromatic rings. The Bertz CT molecular complexity index is 825. The number of hydrogen-bond donors (Lipinski definition) is 1. The number of nitro benzene ring substituents is 1. The highest BCUT2D eigenvalue weighted by atomic mass is 32.2. The van der Waals surface area contributed by atoms with Crippen LogP contribution in [0.2, 0.25) is 0 Å². The SMILES string of the molecule is CSc1ncccc1C(=O)OCC(=O)Nc1cc([N+](=O)[O-])ccc1C. The third-order valence-corrected chi connectivity index (χ3v) is 3.94. The van der Waals surface area contributed by atoms with E-state index in [1.165, 1.54) is 30.0 Å². The van der Waals surface area contributed by atoms with Gasteiger partial charge in [-0.25, -0.2) is 9.78 Å². The van der Waals surface area contributed by atoms with Crippen molar-refractivity contribution < 1.29 is 19.2 Å². The van der Waals surface area contributed by atoms with Crippen molar-refractivity contribution in [3.05, 3.63) is 57.8 Å². The van der Waals surface area contributed by atoms with Crippen molar-refractivity contribution in [1.82, 2.24) is 4.98 Å². The molecule has 0 aliphatic rings. The Hall–Kier alpha value is -2.94. The minimum Gasteiger partial charge on any atom is -0.452 e. The average Bonchev–Trinajstić information content (AvgIpc) is 2.61. The van der Waals surface area contributed by atoms with Gasteiger partial charge in [0, 0.05) is 18.3 Å². The number of non-ortho nitro benzene ring substituents is 1. The van der Waals surface area contributed by atoms with Gasteiger partial charge in [0.05, 0.1) is 16.2 Å². The predicted octanol–water partition coefficient (Wildman–Crippen LogP) is 2.82. The smallest absolute Gasteiger partial charge is 0.341 e. The zero-order valence-corrected chi connectivity index (χ0v) is 14.3. The first-order chi connectivity index (χ1) is 11.9. The lowest BCUT2D eigenvalue weighted by Crippen LogP contribution is -2.21. The lowest BCUT2D eigenvalue weighted by molar-refractivity contribution is -0.384. The molecule has 0 fully saturated rings. The average molecular weight is 361 g/mol. The zero-order valence-electron chi connectivity index (χ0n) is 13.5. The fourth-order valence-electron chi connectivity index (χ4n) is 1.96. The molecule has 0 radical (unpaired) electrons. The second-order valence-electron chi connectivity index (χ2n) is 4.94. The third-order valence-electron chi connectivity index (χ3n) is 3.22. The van der Waals surface area contributed by atoms with Crippen molar-refractivity contribution in [2.75, 3.05) is 18.2 Å². The molecule has 0 saturated heterocycles. The number of nitro groups is 1. The quantitative estimate of drug-likeness (QED) is 0.364. The number of carbonyl (C=O) groups excluding carboxylic acids is 2. The van der Waals surface area contributed by atoms with E-state index in [0.29, 0.717) is 16.3 Å². The summed E-state index contributed by atoms with van der Waals surface area (Å²) in [7, 11) is 0. The minimum atomic E-state index is -0.664. The van der Waals surface area contributed by atoms with E-state index in [1.54, 1.807) is 31.5 Å². The first-order valence-corrected chi connectivity index (χ1v) is 8.36. The van der Waals surface area contributed by atoms with Gasteiger partial charge in [-0.05, 0) is 30.9 Å². The molecule has 0 bridgehead atoms. The highest BCUT2D eigenvalue weighted by Gasteiger charge is 2.16. The number of benzene rings is 1. The number of thioether (sulfide) groups is 1. The summed E-state index contributed by atoms with van der Waals surface area (Å²) in [4.78, 5) is 38.3. The van der Waals surface area contributed by atoms with Crippen LogP contribution in [0.25, 0.3) is 0 Å². The summed E-state index contributed by atoms with van der Waals surface area (Å²) in [5.41, 5.74) is 1.08. The Kier molecular flexibility index (Phi) is 6.07. The molecule has 2 rings (SSSR count). The number of aromatic nitrogens is 1. The molecule has 0 spiro atoms. The maximum Gasteiger partial charge on any atom is 0.341 e. The molecule has 9 heteroatoms. The van der Waals surface area contributed by atoms with Crippen LogP contribution < -0.4 is 5.32 Å². The van der Waals surface area contributed by atoms with Crippen molar-refractivity contribution in [3.63, 3.8) is 0 Å². The number of pyridine rings is 1. The summed E-state index contributed by atoms with van der Waals surface area (Å²) in [6.45, 7) is 1.19. The Balaban J connectivity index is 2.00. The lowest BCUT2D eigenvalue weighted by Gasteiger charge is -2.09. The molecule has 1 aromatic carbocycles. The summed E-state index contributed by atoms with van der Waals surface area (Å²) >= 11 is 1.29. The Morgan fingerprint density at radius 1 is 1.36 bits per heavy atom. The summed E-state index contributed by atoms with van der Waals surface area (Å²) in [5.74, 6) is -1.25. The van der Waals surface area contributed by atoms with E-state index in [-0.39, 0.29) is 11.3 Å². The molecule has 1 N–H and O–H groups in total. The number of amides is 1. The summed E-state index contributed by atoms with van der Waals surface area (Å²) in [5, 5.41) is 13.8. The normalized spacial score (nSPS) is 10.2. The van der Waals surface area contributed by atoms with Crippen LogP contribution in [0.5, 0.6) is 0 Å². The lowest BCUT2D eigenvalue weighted by atomic mass is 10.2. The summed E-state index contributed by atoms with van der Waals surface area (Å²) < 4.78 is 4.98. The van der Waals surface area contributed by atoms with E-state index in [9.17, 15) is 19.7 Å². The van der Waals surface area contributed by atoms with Gasteiger partial charge in [-0.2, -0.15) is 0 Å². The van der Waals surface area contributed by atoms with E-state index < -0.39 is 23.4 Å². The standard InChI is InChI=1S/C16H15N3O5S/c1-10-5-6-11(19(22)23)8-13(10)18-14(20)9-24-16(21)12-4-3-7-17-15(12)25-2/h3-8H,9H2,1-2H3,(H,18,20). The number of aryl methyl sites for hydroxylation is 1. The van der Waals surface area contributed by atoms with Crippen LogP contribution in [-0.2, 0) is 9.53 Å². The van der Waals surface area contributed by atoms with Gasteiger partial charge in [0.2, 0.25) is 0 Å². The molecule has 8 nitrogen and oxygen atoms in total. The minimum absolute atomic E-state index is 0.141. The van der Waals surface area contributed by atoms with E-state index in [4.69, 9.17) is 4.74 Å². The first kappa shape index (κ1) is 18.4. The molecule has 0 saturated carbocycles. The molecular formula is C16H15N3O5S. The molecule has 0 aliphatic heterocycles. The molecular weight excluding hydrogens is 346 g/mol. The largest absolute Gasteiger partial charge is 0.452 e. The number of rotatable bonds is 6. The summed E-state index contributed by atoms with van der Waals surface area (Å²) in [6, 6.07) is 7.28. The van der Waals surface area contributed by atoms with Crippen LogP contribution in [0.15, 0.2) is 41.6 Å². The van der Waals surface area contributed by atoms with Crippen molar-refractivity contribution in [1.29, 1.82) is 0 Å². The van der Waals surface area contributed by atoms with Crippen LogP contribution in [0.4, 0.5) is 11.4 Å². The molecule has 1 aromatic heterocycles. The molecule has 130 valence electrons. The van der Waals surface area contributed by atoms with Gasteiger partial charge in [0.1, 0.15) is 5.03 Å². The van der Waals surface area contributed by atoms with Gasteiger partial charge in [0.25, 0.3) is 11.6 Å². The number of anilines is 1. The highest BCUT2D eigenvalue weighted by Crippen LogP contribution is 2.22. The zero-order chi connectivity index (χ0) is 18.4. The fraction of sp³-hybridized carbons (Fsp3) is 0.188. The van der Waals surface area contributed by atoms with E-state index in [1.807, 2.05) is 0 Å². The Morgan fingerprint density at radius 2 is 2.12 bits per heavy atom. The summed E-state index contributed by atoms with van der Waals surface area (Å²) in [6.07, 6.45) is 3.33. The van der Waals surface area contributed by atoms with E-state index in [2.05, 4.69) is 10.3 Å². The molecule has 0 aliphatic carbocycles. The Labute approximate surface area is 147 Å². The highest BCUT2D eigenvalue weighted by molar-refractivity contribution is 7.98. The number of hydrogen-bond acceptors (Lipinski definition) is 7. The Morgan fingerprint density at radius 3 is 2.80 bits per heavy atom. The van der Waals surface area contributed by atoms with Crippen LogP contribution in [0.1, 0.15) is 15.9 Å². The van der Waals surface area contributed by atoms with E-state index >= 15 is 0 Å². The van der Waals surface area contributed by atoms with Gasteiger partial charge in [0.15, 0.2) is 6.61 Å². The van der Waals surface area contributed by atoms with Crippen LogP contribution in [0, 0.1) is 17.0 Å². The van der Waals surface area contributed by atoms with Crippen molar-refractivity contribution in [2.45, 2.75) is 11.9 Å². The number of nitrogens with zero attached hydrogens (tertiary/aromatic N) is 2. The van der Waals surface area contributed by atoms with Gasteiger partial charge >= 0.3 is 5.97 Å². The maximum atomic E-state index is 12.0. The topological polar surface area (TPSA) is 111 Å². The van der Waals surface area contributed by atoms with Crippen LogP contribution >= 0.6 is 11.8 Å². The van der Waals surface area contributed by atoms with Crippen LogP contribution in [0.3, 0.4) is 0 Å². The van der Waals surface area contributed by atoms with Gasteiger partial charge in [-0.1, -0.05) is 6.07 Å². The number of nitrogens with one attached hydrogen (secondary N) is 1. The van der Waals surface area contributed by atoms with Gasteiger partial charge in [-0.3, -0.25) is 14.9 Å². The number of ether oxygens (including phenoxy) is 1. The van der Waals surface area contributed by atoms with Crippen molar-refractivity contribution >= 4 is 35.0 Å². The predicted molar refractivity (Wildman–Crippen MR) is 92.8 cm³/mol. The number of carbonyl (C=O) groups is 2. The van der Waals surface area contributed by atoms with Gasteiger partial charge in [-0.15, -0.1) is 11.8 Å². The molecule has 0 atom stereocenters. The second kappa shape index (κ2) is 8.25. The number of esters is 1. The molecule has 0 unspecified atom stereocenters. The van der Waals surface area contributed by atoms with E-state index in [0.717, 1.165) is 0 Å². The monoisotopic (exact) mass is 361 g/mol. The third kappa shape index (κ3) is 4.77.